The fraction of sp³-hybridized carbons (Fsp3) is 0.308. The third-order valence-corrected chi connectivity index (χ3v) is 6.09. The Kier molecular flexibility index (Phi) is 5.20. The minimum absolute atomic E-state index is 0.101. The van der Waals surface area contributed by atoms with Crippen molar-refractivity contribution in [3.05, 3.63) is 65.9 Å². The van der Waals surface area contributed by atoms with Gasteiger partial charge >= 0.3 is 0 Å². The first-order valence-corrected chi connectivity index (χ1v) is 11.0. The SMILES string of the molecule is CC(C)c1ccc(-c2nc(C(=O)NC[C@@H]3CCCO3)cc3c2[nH]c2ccccc23)cc1. The van der Waals surface area contributed by atoms with Crippen LogP contribution in [0.25, 0.3) is 33.1 Å². The number of nitrogens with zero attached hydrogens (tertiary/aromatic N) is 1. The first-order valence-electron chi connectivity index (χ1n) is 11.0. The number of aromatic nitrogens is 2. The van der Waals surface area contributed by atoms with E-state index in [0.717, 1.165) is 52.5 Å². The van der Waals surface area contributed by atoms with Gasteiger partial charge in [0.2, 0.25) is 0 Å². The summed E-state index contributed by atoms with van der Waals surface area (Å²) >= 11 is 0. The summed E-state index contributed by atoms with van der Waals surface area (Å²) < 4.78 is 5.64. The molecule has 0 spiro atoms. The van der Waals surface area contributed by atoms with Crippen LogP contribution < -0.4 is 5.32 Å². The van der Waals surface area contributed by atoms with Gasteiger partial charge in [-0.15, -0.1) is 0 Å². The molecule has 5 rings (SSSR count). The van der Waals surface area contributed by atoms with E-state index in [9.17, 15) is 4.79 Å². The molecule has 5 nitrogen and oxygen atoms in total. The van der Waals surface area contributed by atoms with Gasteiger partial charge in [-0.05, 0) is 36.5 Å². The number of hydrogen-bond donors (Lipinski definition) is 2. The Morgan fingerprint density at radius 1 is 1.16 bits per heavy atom. The summed E-state index contributed by atoms with van der Waals surface area (Å²) in [6.07, 6.45) is 2.14. The number of para-hydroxylation sites is 1. The molecule has 0 bridgehead atoms. The molecule has 1 saturated heterocycles. The van der Waals surface area contributed by atoms with Crippen LogP contribution in [0.15, 0.2) is 54.6 Å². The van der Waals surface area contributed by atoms with E-state index < -0.39 is 0 Å². The molecular formula is C26H27N3O2. The summed E-state index contributed by atoms with van der Waals surface area (Å²) in [7, 11) is 0. The summed E-state index contributed by atoms with van der Waals surface area (Å²) in [5.41, 5.74) is 5.49. The van der Waals surface area contributed by atoms with Gasteiger partial charge in [0.25, 0.3) is 5.91 Å². The minimum atomic E-state index is -0.164. The second kappa shape index (κ2) is 8.16. The Morgan fingerprint density at radius 3 is 2.71 bits per heavy atom. The Bertz CT molecular complexity index is 1230. The number of hydrogen-bond acceptors (Lipinski definition) is 3. The Balaban J connectivity index is 1.59. The number of nitrogens with one attached hydrogen (secondary N) is 2. The highest BCUT2D eigenvalue weighted by Gasteiger charge is 2.20. The van der Waals surface area contributed by atoms with E-state index in [0.29, 0.717) is 18.2 Å². The predicted molar refractivity (Wildman–Crippen MR) is 124 cm³/mol. The van der Waals surface area contributed by atoms with Crippen molar-refractivity contribution in [1.29, 1.82) is 0 Å². The average molecular weight is 414 g/mol. The monoisotopic (exact) mass is 413 g/mol. The minimum Gasteiger partial charge on any atom is -0.376 e. The molecule has 1 atom stereocenters. The van der Waals surface area contributed by atoms with Crippen LogP contribution in [0.3, 0.4) is 0 Å². The van der Waals surface area contributed by atoms with Crippen LogP contribution in [-0.4, -0.2) is 35.1 Å². The zero-order valence-electron chi connectivity index (χ0n) is 17.9. The third-order valence-electron chi connectivity index (χ3n) is 6.09. The molecule has 158 valence electrons. The lowest BCUT2D eigenvalue weighted by Crippen LogP contribution is -2.32. The molecule has 31 heavy (non-hydrogen) atoms. The van der Waals surface area contributed by atoms with E-state index in [1.54, 1.807) is 0 Å². The second-order valence-electron chi connectivity index (χ2n) is 8.57. The molecule has 0 unspecified atom stereocenters. The van der Waals surface area contributed by atoms with Crippen molar-refractivity contribution in [2.75, 3.05) is 13.2 Å². The first kappa shape index (κ1) is 19.8. The van der Waals surface area contributed by atoms with Crippen molar-refractivity contribution in [3.8, 4) is 11.3 Å². The third kappa shape index (κ3) is 3.81. The van der Waals surface area contributed by atoms with Gasteiger partial charge in [-0.3, -0.25) is 4.79 Å². The van der Waals surface area contributed by atoms with Crippen LogP contribution in [0, 0.1) is 0 Å². The highest BCUT2D eigenvalue weighted by Crippen LogP contribution is 2.33. The number of ether oxygens (including phenoxy) is 1. The normalized spacial score (nSPS) is 16.4. The van der Waals surface area contributed by atoms with Crippen molar-refractivity contribution in [2.45, 2.75) is 38.7 Å². The van der Waals surface area contributed by atoms with E-state index in [1.165, 1.54) is 5.56 Å². The van der Waals surface area contributed by atoms with Crippen molar-refractivity contribution in [3.63, 3.8) is 0 Å². The van der Waals surface area contributed by atoms with Gasteiger partial charge < -0.3 is 15.0 Å². The fourth-order valence-electron chi connectivity index (χ4n) is 4.30. The Morgan fingerprint density at radius 2 is 1.97 bits per heavy atom. The summed E-state index contributed by atoms with van der Waals surface area (Å²) in [5.74, 6) is 0.299. The van der Waals surface area contributed by atoms with Gasteiger partial charge in [-0.2, -0.15) is 0 Å². The number of fused-ring (bicyclic) bond motifs is 3. The molecule has 2 N–H and O–H groups in total. The van der Waals surface area contributed by atoms with E-state index >= 15 is 0 Å². The second-order valence-corrected chi connectivity index (χ2v) is 8.57. The Hall–Kier alpha value is -3.18. The van der Waals surface area contributed by atoms with E-state index in [4.69, 9.17) is 9.72 Å². The molecule has 2 aromatic carbocycles. The van der Waals surface area contributed by atoms with Crippen LogP contribution >= 0.6 is 0 Å². The maximum absolute atomic E-state index is 13.0. The number of benzene rings is 2. The van der Waals surface area contributed by atoms with Crippen molar-refractivity contribution >= 4 is 27.7 Å². The lowest BCUT2D eigenvalue weighted by Gasteiger charge is -2.12. The van der Waals surface area contributed by atoms with E-state index in [-0.39, 0.29) is 12.0 Å². The van der Waals surface area contributed by atoms with Gasteiger partial charge in [0.05, 0.1) is 17.3 Å². The number of pyridine rings is 1. The molecule has 1 amide bonds. The largest absolute Gasteiger partial charge is 0.376 e. The molecule has 3 heterocycles. The predicted octanol–water partition coefficient (Wildman–Crippen LogP) is 5.42. The topological polar surface area (TPSA) is 67.0 Å². The molecule has 0 aliphatic carbocycles. The highest BCUT2D eigenvalue weighted by molar-refractivity contribution is 6.13. The van der Waals surface area contributed by atoms with Gasteiger partial charge in [0.15, 0.2) is 0 Å². The lowest BCUT2D eigenvalue weighted by atomic mass is 9.99. The summed E-state index contributed by atoms with van der Waals surface area (Å²) in [6.45, 7) is 5.66. The molecular weight excluding hydrogens is 386 g/mol. The summed E-state index contributed by atoms with van der Waals surface area (Å²) in [4.78, 5) is 21.3. The maximum atomic E-state index is 13.0. The van der Waals surface area contributed by atoms with Crippen molar-refractivity contribution < 1.29 is 9.53 Å². The first-order chi connectivity index (χ1) is 15.1. The lowest BCUT2D eigenvalue weighted by molar-refractivity contribution is 0.0854. The van der Waals surface area contributed by atoms with Gasteiger partial charge in [-0.1, -0.05) is 56.3 Å². The van der Waals surface area contributed by atoms with Crippen LogP contribution in [-0.2, 0) is 4.74 Å². The van der Waals surface area contributed by atoms with Crippen LogP contribution in [0.5, 0.6) is 0 Å². The highest BCUT2D eigenvalue weighted by atomic mass is 16.5. The van der Waals surface area contributed by atoms with Gasteiger partial charge in [0.1, 0.15) is 5.69 Å². The van der Waals surface area contributed by atoms with E-state index in [1.807, 2.05) is 18.2 Å². The number of amides is 1. The van der Waals surface area contributed by atoms with Crippen LogP contribution in [0.1, 0.15) is 48.7 Å². The standard InChI is InChI=1S/C26H27N3O2/c1-16(2)17-9-11-18(12-10-17)24-25-21(20-7-3-4-8-22(20)28-25)14-23(29-24)26(30)27-15-19-6-5-13-31-19/h3-4,7-12,14,16,19,28H,5-6,13,15H2,1-2H3,(H,27,30)/t19-/m0/s1. The maximum Gasteiger partial charge on any atom is 0.270 e. The summed E-state index contributed by atoms with van der Waals surface area (Å²) in [5, 5.41) is 5.11. The number of aromatic amines is 1. The molecule has 0 saturated carbocycles. The van der Waals surface area contributed by atoms with Gasteiger partial charge in [-0.25, -0.2) is 4.98 Å². The zero-order valence-corrected chi connectivity index (χ0v) is 17.9. The van der Waals surface area contributed by atoms with Gasteiger partial charge in [0, 0.05) is 35.0 Å². The summed E-state index contributed by atoms with van der Waals surface area (Å²) in [6, 6.07) is 18.5. The molecule has 2 aromatic heterocycles. The number of rotatable bonds is 5. The molecule has 0 radical (unpaired) electrons. The van der Waals surface area contributed by atoms with Crippen molar-refractivity contribution in [2.24, 2.45) is 0 Å². The quantitative estimate of drug-likeness (QED) is 0.459. The molecule has 5 heteroatoms. The number of carbonyl (C=O) groups excluding carboxylic acids is 1. The molecule has 4 aromatic rings. The number of carbonyl (C=O) groups is 1. The smallest absolute Gasteiger partial charge is 0.270 e. The molecule has 1 fully saturated rings. The number of H-pyrrole nitrogens is 1. The molecule has 1 aliphatic rings. The Labute approximate surface area is 181 Å². The van der Waals surface area contributed by atoms with Crippen molar-refractivity contribution in [1.82, 2.24) is 15.3 Å². The van der Waals surface area contributed by atoms with Crippen LogP contribution in [0.2, 0.25) is 0 Å². The van der Waals surface area contributed by atoms with E-state index in [2.05, 4.69) is 60.5 Å². The average Bonchev–Trinajstić information content (AvgIpc) is 3.44. The van der Waals surface area contributed by atoms with Crippen LogP contribution in [0.4, 0.5) is 0 Å². The molecule has 1 aliphatic heterocycles. The fourth-order valence-corrected chi connectivity index (χ4v) is 4.30. The zero-order chi connectivity index (χ0) is 21.4.